The maximum Gasteiger partial charge on any atom is 0.345 e. The van der Waals surface area contributed by atoms with E-state index in [1.807, 2.05) is 86.6 Å². The fourth-order valence-electron chi connectivity index (χ4n) is 5.98. The van der Waals surface area contributed by atoms with E-state index in [1.165, 1.54) is 13.2 Å². The Kier molecular flexibility index (Phi) is 22.9. The van der Waals surface area contributed by atoms with Crippen LogP contribution in [0.4, 0.5) is 0 Å². The van der Waals surface area contributed by atoms with E-state index in [0.717, 1.165) is 24.2 Å². The Balaban J connectivity index is 0.000000341. The van der Waals surface area contributed by atoms with E-state index in [9.17, 15) is 24.0 Å². The van der Waals surface area contributed by atoms with Crippen molar-refractivity contribution in [2.75, 3.05) is 41.0 Å². The number of ether oxygens (including phenoxy) is 5. The van der Waals surface area contributed by atoms with E-state index in [0.29, 0.717) is 41.4 Å². The van der Waals surface area contributed by atoms with E-state index in [4.69, 9.17) is 23.7 Å². The Morgan fingerprint density at radius 1 is 0.758 bits per heavy atom. The van der Waals surface area contributed by atoms with Gasteiger partial charge in [-0.1, -0.05) is 81.4 Å². The lowest BCUT2D eigenvalue weighted by Gasteiger charge is -2.25. The minimum Gasteiger partial charge on any atom is -0.497 e. The lowest BCUT2D eigenvalue weighted by atomic mass is 9.86. The lowest BCUT2D eigenvalue weighted by molar-refractivity contribution is -0.151. The van der Waals surface area contributed by atoms with Crippen LogP contribution < -0.4 is 4.74 Å². The molecule has 0 atom stereocenters. The number of nitrogens with zero attached hydrogens (tertiary/aromatic N) is 2. The minimum atomic E-state index is -0.706. The maximum atomic E-state index is 12.3. The Morgan fingerprint density at radius 2 is 1.27 bits per heavy atom. The molecule has 0 radical (unpaired) electrons. The molecule has 66 heavy (non-hydrogen) atoms. The average molecular weight is 909 g/mol. The molecule has 1 aliphatic rings. The van der Waals surface area contributed by atoms with Crippen molar-refractivity contribution in [3.8, 4) is 5.75 Å². The SMILES string of the molecule is CC(C)OC(=O)C(=C/C=C1\OCC(C)(C)N1C)C(=O)OC(C)C.CCN(/C=C/C=C(\Cc1ccccc1)C(=O)OC)CC.COc1ccc(C(=O)CC(=O)c2ccc(C(C)(C)C)cc2)cc1. The average Bonchev–Trinajstić information content (AvgIpc) is 3.54. The number of carbonyl (C=O) groups excluding carboxylic acids is 5. The molecule has 0 unspecified atom stereocenters. The van der Waals surface area contributed by atoms with Crippen molar-refractivity contribution in [3.05, 3.63) is 149 Å². The molecule has 0 N–H and O–H groups in total. The zero-order chi connectivity index (χ0) is 49.6. The van der Waals surface area contributed by atoms with Crippen LogP contribution in [0.5, 0.6) is 5.75 Å². The summed E-state index contributed by atoms with van der Waals surface area (Å²) >= 11 is 0. The first-order chi connectivity index (χ1) is 31.1. The largest absolute Gasteiger partial charge is 0.497 e. The molecule has 3 aromatic rings. The minimum absolute atomic E-state index is 0.0422. The highest BCUT2D eigenvalue weighted by Gasteiger charge is 2.34. The van der Waals surface area contributed by atoms with Gasteiger partial charge in [0.15, 0.2) is 17.4 Å². The molecule has 1 aliphatic heterocycles. The lowest BCUT2D eigenvalue weighted by Crippen LogP contribution is -2.36. The molecule has 0 bridgehead atoms. The molecule has 1 heterocycles. The predicted molar refractivity (Wildman–Crippen MR) is 260 cm³/mol. The zero-order valence-electron chi connectivity index (χ0n) is 41.6. The Morgan fingerprint density at radius 3 is 1.70 bits per heavy atom. The summed E-state index contributed by atoms with van der Waals surface area (Å²) in [5, 5.41) is 0. The van der Waals surface area contributed by atoms with Crippen molar-refractivity contribution >= 4 is 29.5 Å². The van der Waals surface area contributed by atoms with Crippen molar-refractivity contribution in [1.82, 2.24) is 9.80 Å². The van der Waals surface area contributed by atoms with Crippen LogP contribution in [0.25, 0.3) is 0 Å². The second kappa shape index (κ2) is 27.1. The summed E-state index contributed by atoms with van der Waals surface area (Å²) < 4.78 is 25.7. The third-order valence-electron chi connectivity index (χ3n) is 10.2. The van der Waals surface area contributed by atoms with Gasteiger partial charge in [-0.25, -0.2) is 14.4 Å². The van der Waals surface area contributed by atoms with Crippen molar-refractivity contribution in [3.63, 3.8) is 0 Å². The second-order valence-electron chi connectivity index (χ2n) is 17.6. The van der Waals surface area contributed by atoms with E-state index >= 15 is 0 Å². The zero-order valence-corrected chi connectivity index (χ0v) is 41.6. The summed E-state index contributed by atoms with van der Waals surface area (Å²) in [6.45, 7) is 24.0. The predicted octanol–water partition coefficient (Wildman–Crippen LogP) is 10.0. The van der Waals surface area contributed by atoms with Crippen molar-refractivity contribution in [2.24, 2.45) is 0 Å². The summed E-state index contributed by atoms with van der Waals surface area (Å²) in [7, 11) is 4.88. The van der Waals surface area contributed by atoms with Gasteiger partial charge in [-0.15, -0.1) is 0 Å². The summed E-state index contributed by atoms with van der Waals surface area (Å²) in [5.74, 6) is -0.764. The van der Waals surface area contributed by atoms with Gasteiger partial charge in [0.05, 0.1) is 38.4 Å². The standard InChI is InChI=1S/C20H22O3.C17H27NO5.C17H23NO2/c1-20(2,3)16-9-5-14(6-10-16)18(21)13-19(22)15-7-11-17(23-4)12-8-15;1-11(2)22-15(19)13(16(20)23-12(3)4)8-9-14-18(7)17(5,6)10-21-14;1-4-18(5-2)13-9-12-16(17(19)20-3)14-15-10-7-6-8-11-15/h5-12H,13H2,1-4H3;8-9,11-12H,10H2,1-7H3;6-13H,4-5,14H2,1-3H3/b;14-9-;13-9+,16-12+. The molecule has 1 fully saturated rings. The molecule has 3 aromatic carbocycles. The van der Waals surface area contributed by atoms with Crippen molar-refractivity contribution in [2.45, 2.75) is 112 Å². The highest BCUT2D eigenvalue weighted by molar-refractivity contribution is 6.14. The van der Waals surface area contributed by atoms with Gasteiger partial charge in [-0.05, 0) is 121 Å². The van der Waals surface area contributed by atoms with Crippen LogP contribution in [0, 0.1) is 0 Å². The van der Waals surface area contributed by atoms with E-state index in [-0.39, 0.29) is 52.7 Å². The number of rotatable bonds is 17. The first-order valence-corrected chi connectivity index (χ1v) is 22.3. The summed E-state index contributed by atoms with van der Waals surface area (Å²) in [6.07, 6.45) is 8.52. The molecule has 0 spiro atoms. The number of Topliss-reactive ketones (excluding diaryl/α,β-unsaturated/α-hetero) is 2. The van der Waals surface area contributed by atoms with Crippen LogP contribution in [-0.4, -0.2) is 98.0 Å². The van der Waals surface area contributed by atoms with Crippen LogP contribution in [-0.2, 0) is 45.2 Å². The van der Waals surface area contributed by atoms with Gasteiger partial charge in [0, 0.05) is 43.3 Å². The highest BCUT2D eigenvalue weighted by Crippen LogP contribution is 2.28. The van der Waals surface area contributed by atoms with Crippen LogP contribution in [0.3, 0.4) is 0 Å². The number of likely N-dealkylation sites (N-methyl/N-ethyl adjacent to an activating group) is 1. The third-order valence-corrected chi connectivity index (χ3v) is 10.2. The molecule has 12 nitrogen and oxygen atoms in total. The van der Waals surface area contributed by atoms with Crippen LogP contribution in [0.1, 0.15) is 114 Å². The number of allylic oxidation sites excluding steroid dienone is 4. The summed E-state index contributed by atoms with van der Waals surface area (Å²) in [4.78, 5) is 64.6. The third kappa shape index (κ3) is 19.0. The summed E-state index contributed by atoms with van der Waals surface area (Å²) in [5.41, 5.74) is 3.75. The van der Waals surface area contributed by atoms with Crippen molar-refractivity contribution < 1.29 is 47.7 Å². The number of ketones is 2. The second-order valence-corrected chi connectivity index (χ2v) is 17.6. The monoisotopic (exact) mass is 909 g/mol. The van der Waals surface area contributed by atoms with Gasteiger partial charge in [0.25, 0.3) is 0 Å². The highest BCUT2D eigenvalue weighted by atomic mass is 16.6. The van der Waals surface area contributed by atoms with Gasteiger partial charge in [0.2, 0.25) is 0 Å². The number of hydrogen-bond acceptors (Lipinski definition) is 12. The number of benzene rings is 3. The van der Waals surface area contributed by atoms with E-state index in [2.05, 4.69) is 39.5 Å². The topological polar surface area (TPSA) is 138 Å². The fourth-order valence-corrected chi connectivity index (χ4v) is 5.98. The number of methoxy groups -OCH3 is 2. The molecule has 4 rings (SSSR count). The van der Waals surface area contributed by atoms with E-state index < -0.39 is 11.9 Å². The normalized spacial score (nSPS) is 13.7. The summed E-state index contributed by atoms with van der Waals surface area (Å²) in [6, 6.07) is 24.2. The first-order valence-electron chi connectivity index (χ1n) is 22.3. The van der Waals surface area contributed by atoms with Gasteiger partial charge in [0.1, 0.15) is 17.9 Å². The Hall–Kier alpha value is -6.43. The number of carbonyl (C=O) groups is 5. The number of hydrogen-bond donors (Lipinski definition) is 0. The van der Waals surface area contributed by atoms with Crippen molar-refractivity contribution in [1.29, 1.82) is 0 Å². The molecule has 1 saturated heterocycles. The quantitative estimate of drug-likeness (QED) is 0.0242. The molecular formula is C54H72N2O10. The maximum absolute atomic E-state index is 12.3. The molecule has 0 saturated carbocycles. The van der Waals surface area contributed by atoms with Gasteiger partial charge in [-0.2, -0.15) is 0 Å². The molecule has 0 aliphatic carbocycles. The van der Waals surface area contributed by atoms with Gasteiger partial charge >= 0.3 is 17.9 Å². The molecule has 358 valence electrons. The van der Waals surface area contributed by atoms with Crippen LogP contribution in [0.2, 0.25) is 0 Å². The smallest absolute Gasteiger partial charge is 0.345 e. The molecular weight excluding hydrogens is 837 g/mol. The fraction of sp³-hybridized carbons (Fsp3) is 0.426. The molecule has 0 aromatic heterocycles. The Bertz CT molecular complexity index is 2130. The van der Waals surface area contributed by atoms with Gasteiger partial charge < -0.3 is 33.5 Å². The van der Waals surface area contributed by atoms with Crippen LogP contribution in [0.15, 0.2) is 126 Å². The first kappa shape index (κ1) is 55.7. The van der Waals surface area contributed by atoms with Crippen LogP contribution >= 0.6 is 0 Å². The van der Waals surface area contributed by atoms with E-state index in [1.54, 1.807) is 77.3 Å². The molecule has 0 amide bonds. The molecule has 12 heteroatoms. The number of esters is 3. The van der Waals surface area contributed by atoms with Gasteiger partial charge in [-0.3, -0.25) is 9.59 Å². The Labute approximate surface area is 393 Å².